The van der Waals surface area contributed by atoms with E-state index >= 15 is 0 Å². The third-order valence-electron chi connectivity index (χ3n) is 3.72. The van der Waals surface area contributed by atoms with Gasteiger partial charge < -0.3 is 14.2 Å². The number of aryl methyl sites for hydroxylation is 1. The Hall–Kier alpha value is -2.79. The number of nitrogens with zero attached hydrogens (tertiary/aromatic N) is 1. The Morgan fingerprint density at radius 1 is 1.27 bits per heavy atom. The first-order chi connectivity index (χ1) is 12.5. The fraction of sp³-hybridized carbons (Fsp3) is 0.200. The van der Waals surface area contributed by atoms with E-state index in [1.165, 1.54) is 7.11 Å². The smallest absolute Gasteiger partial charge is 0.363 e. The van der Waals surface area contributed by atoms with Crippen molar-refractivity contribution in [1.82, 2.24) is 0 Å². The van der Waals surface area contributed by atoms with Gasteiger partial charge in [0.15, 0.2) is 17.2 Å². The Balaban J connectivity index is 1.98. The second kappa shape index (κ2) is 7.62. The van der Waals surface area contributed by atoms with Gasteiger partial charge in [0.1, 0.15) is 0 Å². The summed E-state index contributed by atoms with van der Waals surface area (Å²) in [6.07, 6.45) is 1.61. The van der Waals surface area contributed by atoms with Crippen LogP contribution < -0.4 is 9.47 Å². The lowest BCUT2D eigenvalue weighted by Crippen LogP contribution is -2.05. The maximum atomic E-state index is 12.2. The molecular formula is C20H18ClNO4. The van der Waals surface area contributed by atoms with E-state index < -0.39 is 5.97 Å². The Labute approximate surface area is 156 Å². The van der Waals surface area contributed by atoms with Crippen LogP contribution in [0.1, 0.15) is 23.6 Å². The third-order valence-corrected chi connectivity index (χ3v) is 4.01. The molecule has 2 aromatic carbocycles. The van der Waals surface area contributed by atoms with Crippen molar-refractivity contribution in [2.75, 3.05) is 13.7 Å². The van der Waals surface area contributed by atoms with Gasteiger partial charge in [-0.1, -0.05) is 29.3 Å². The molecule has 0 atom stereocenters. The molecule has 0 saturated carbocycles. The average Bonchev–Trinajstić information content (AvgIpc) is 2.96. The van der Waals surface area contributed by atoms with Crippen LogP contribution in [0.2, 0.25) is 5.02 Å². The lowest BCUT2D eigenvalue weighted by Gasteiger charge is -2.11. The van der Waals surface area contributed by atoms with Crippen molar-refractivity contribution < 1.29 is 19.0 Å². The highest BCUT2D eigenvalue weighted by atomic mass is 35.5. The standard InChI is InChI=1S/C20H18ClNO4/c1-4-25-17-11-13(9-15(21)18(17)24-3)10-16-20(23)26-19(22-16)14-7-5-6-12(2)8-14/h5-11H,4H2,1-3H3/b16-10+. The van der Waals surface area contributed by atoms with Crippen LogP contribution >= 0.6 is 11.6 Å². The molecule has 1 aliphatic heterocycles. The molecule has 134 valence electrons. The Morgan fingerprint density at radius 2 is 2.08 bits per heavy atom. The number of methoxy groups -OCH3 is 1. The number of hydrogen-bond donors (Lipinski definition) is 0. The highest BCUT2D eigenvalue weighted by Crippen LogP contribution is 2.37. The number of halogens is 1. The second-order valence-corrected chi connectivity index (χ2v) is 6.08. The summed E-state index contributed by atoms with van der Waals surface area (Å²) in [5.41, 5.74) is 2.68. The van der Waals surface area contributed by atoms with E-state index in [-0.39, 0.29) is 11.6 Å². The molecule has 0 saturated heterocycles. The molecule has 0 spiro atoms. The van der Waals surface area contributed by atoms with E-state index in [0.717, 1.165) is 11.1 Å². The number of hydrogen-bond acceptors (Lipinski definition) is 5. The van der Waals surface area contributed by atoms with Crippen LogP contribution in [0.4, 0.5) is 0 Å². The van der Waals surface area contributed by atoms with Gasteiger partial charge in [-0.2, -0.15) is 0 Å². The molecule has 1 aliphatic rings. The third kappa shape index (κ3) is 3.73. The topological polar surface area (TPSA) is 57.1 Å². The fourth-order valence-corrected chi connectivity index (χ4v) is 2.90. The number of rotatable bonds is 5. The molecule has 2 aromatic rings. The van der Waals surface area contributed by atoms with E-state index in [9.17, 15) is 4.79 Å². The summed E-state index contributed by atoms with van der Waals surface area (Å²) < 4.78 is 16.1. The Bertz CT molecular complexity index is 918. The lowest BCUT2D eigenvalue weighted by atomic mass is 10.1. The van der Waals surface area contributed by atoms with Crippen molar-refractivity contribution in [2.24, 2.45) is 4.99 Å². The highest BCUT2D eigenvalue weighted by Gasteiger charge is 2.24. The van der Waals surface area contributed by atoms with Crippen LogP contribution in [-0.2, 0) is 9.53 Å². The van der Waals surface area contributed by atoms with Crippen LogP contribution in [-0.4, -0.2) is 25.6 Å². The SMILES string of the molecule is CCOc1cc(/C=C2/N=C(c3cccc(C)c3)OC2=O)cc(Cl)c1OC. The molecule has 26 heavy (non-hydrogen) atoms. The maximum absolute atomic E-state index is 12.2. The van der Waals surface area contributed by atoms with Crippen molar-refractivity contribution in [1.29, 1.82) is 0 Å². The van der Waals surface area contributed by atoms with Crippen LogP contribution in [0.15, 0.2) is 47.1 Å². The number of carbonyl (C=O) groups is 1. The number of carbonyl (C=O) groups excluding carboxylic acids is 1. The quantitative estimate of drug-likeness (QED) is 0.577. The van der Waals surface area contributed by atoms with E-state index in [1.807, 2.05) is 38.1 Å². The lowest BCUT2D eigenvalue weighted by molar-refractivity contribution is -0.129. The van der Waals surface area contributed by atoms with Gasteiger partial charge in [-0.15, -0.1) is 0 Å². The van der Waals surface area contributed by atoms with Crippen molar-refractivity contribution in [3.63, 3.8) is 0 Å². The molecule has 0 aromatic heterocycles. The zero-order valence-electron chi connectivity index (χ0n) is 14.7. The molecular weight excluding hydrogens is 354 g/mol. The molecule has 0 bridgehead atoms. The van der Waals surface area contributed by atoms with Crippen LogP contribution in [0.25, 0.3) is 6.08 Å². The second-order valence-electron chi connectivity index (χ2n) is 5.67. The van der Waals surface area contributed by atoms with Crippen molar-refractivity contribution >= 4 is 29.5 Å². The van der Waals surface area contributed by atoms with Gasteiger partial charge in [0, 0.05) is 5.56 Å². The van der Waals surface area contributed by atoms with E-state index in [4.69, 9.17) is 25.8 Å². The summed E-state index contributed by atoms with van der Waals surface area (Å²) in [6.45, 7) is 4.29. The van der Waals surface area contributed by atoms with Gasteiger partial charge in [-0.3, -0.25) is 0 Å². The molecule has 0 aliphatic carbocycles. The summed E-state index contributed by atoms with van der Waals surface area (Å²) >= 11 is 6.25. The van der Waals surface area contributed by atoms with Gasteiger partial charge in [0.25, 0.3) is 0 Å². The maximum Gasteiger partial charge on any atom is 0.363 e. The molecule has 0 unspecified atom stereocenters. The molecule has 0 fully saturated rings. The Morgan fingerprint density at radius 3 is 2.77 bits per heavy atom. The first-order valence-corrected chi connectivity index (χ1v) is 8.49. The molecule has 1 heterocycles. The monoisotopic (exact) mass is 371 g/mol. The molecule has 3 rings (SSSR count). The first-order valence-electron chi connectivity index (χ1n) is 8.11. The normalized spacial score (nSPS) is 15.0. The van der Waals surface area contributed by atoms with Gasteiger partial charge in [-0.25, -0.2) is 9.79 Å². The minimum atomic E-state index is -0.508. The van der Waals surface area contributed by atoms with Gasteiger partial charge in [0.05, 0.1) is 18.7 Å². The summed E-state index contributed by atoms with van der Waals surface area (Å²) in [5.74, 6) is 0.734. The summed E-state index contributed by atoms with van der Waals surface area (Å²) in [4.78, 5) is 16.5. The first kappa shape index (κ1) is 18.0. The summed E-state index contributed by atoms with van der Waals surface area (Å²) in [5, 5.41) is 0.388. The predicted molar refractivity (Wildman–Crippen MR) is 101 cm³/mol. The van der Waals surface area contributed by atoms with Gasteiger partial charge >= 0.3 is 5.97 Å². The number of aliphatic imine (C=N–C) groups is 1. The van der Waals surface area contributed by atoms with E-state index in [1.54, 1.807) is 18.2 Å². The minimum absolute atomic E-state index is 0.199. The van der Waals surface area contributed by atoms with Crippen LogP contribution in [0.5, 0.6) is 11.5 Å². The highest BCUT2D eigenvalue weighted by molar-refractivity contribution is 6.32. The number of ether oxygens (including phenoxy) is 3. The number of benzene rings is 2. The molecule has 0 amide bonds. The van der Waals surface area contributed by atoms with E-state index in [0.29, 0.717) is 28.7 Å². The van der Waals surface area contributed by atoms with Crippen molar-refractivity contribution in [3.8, 4) is 11.5 Å². The Kier molecular flexibility index (Phi) is 5.28. The van der Waals surface area contributed by atoms with Crippen molar-refractivity contribution in [2.45, 2.75) is 13.8 Å². The fourth-order valence-electron chi connectivity index (χ4n) is 2.60. The number of esters is 1. The molecule has 6 heteroatoms. The van der Waals surface area contributed by atoms with Gasteiger partial charge in [-0.05, 0) is 49.8 Å². The average molecular weight is 372 g/mol. The molecule has 0 radical (unpaired) electrons. The molecule has 0 N–H and O–H groups in total. The van der Waals surface area contributed by atoms with Crippen LogP contribution in [0.3, 0.4) is 0 Å². The minimum Gasteiger partial charge on any atom is -0.491 e. The number of cyclic esters (lactones) is 1. The van der Waals surface area contributed by atoms with Gasteiger partial charge in [0.2, 0.25) is 5.90 Å². The molecule has 5 nitrogen and oxygen atoms in total. The van der Waals surface area contributed by atoms with Crippen molar-refractivity contribution in [3.05, 3.63) is 63.8 Å². The summed E-state index contributed by atoms with van der Waals surface area (Å²) in [6, 6.07) is 11.0. The summed E-state index contributed by atoms with van der Waals surface area (Å²) in [7, 11) is 1.52. The predicted octanol–water partition coefficient (Wildman–Crippen LogP) is 4.40. The van der Waals surface area contributed by atoms with Crippen LogP contribution in [0, 0.1) is 6.92 Å². The zero-order valence-corrected chi connectivity index (χ0v) is 15.5. The van der Waals surface area contributed by atoms with E-state index in [2.05, 4.69) is 4.99 Å². The zero-order chi connectivity index (χ0) is 18.7. The largest absolute Gasteiger partial charge is 0.491 e.